The van der Waals surface area contributed by atoms with E-state index in [0.717, 1.165) is 41.9 Å². The van der Waals surface area contributed by atoms with E-state index < -0.39 is 11.6 Å². The van der Waals surface area contributed by atoms with Crippen molar-refractivity contribution >= 4 is 5.97 Å². The summed E-state index contributed by atoms with van der Waals surface area (Å²) < 4.78 is 5.70. The van der Waals surface area contributed by atoms with Gasteiger partial charge in [-0.25, -0.2) is 0 Å². The second kappa shape index (κ2) is 8.57. The van der Waals surface area contributed by atoms with Gasteiger partial charge in [0.1, 0.15) is 5.75 Å². The molecule has 27 heavy (non-hydrogen) atoms. The molecule has 0 amide bonds. The quantitative estimate of drug-likeness (QED) is 0.675. The van der Waals surface area contributed by atoms with Gasteiger partial charge in [-0.15, -0.1) is 0 Å². The Labute approximate surface area is 160 Å². The SMILES string of the molecule is CCCCOc1ccc(-c2ccc(C3(O)CCC(C(=O)O)CC3)cc2)cc1. The van der Waals surface area contributed by atoms with Crippen LogP contribution in [0.3, 0.4) is 0 Å². The first-order chi connectivity index (χ1) is 13.0. The molecule has 1 fully saturated rings. The molecular weight excluding hydrogens is 340 g/mol. The topological polar surface area (TPSA) is 66.8 Å². The number of hydrogen-bond donors (Lipinski definition) is 2. The Hall–Kier alpha value is -2.33. The van der Waals surface area contributed by atoms with Crippen LogP contribution in [0.25, 0.3) is 11.1 Å². The fourth-order valence-electron chi connectivity index (χ4n) is 3.68. The first-order valence-corrected chi connectivity index (χ1v) is 9.81. The average molecular weight is 368 g/mol. The smallest absolute Gasteiger partial charge is 0.306 e. The zero-order chi connectivity index (χ0) is 19.3. The summed E-state index contributed by atoms with van der Waals surface area (Å²) in [6, 6.07) is 16.0. The predicted octanol–water partition coefficient (Wildman–Crippen LogP) is 4.99. The van der Waals surface area contributed by atoms with E-state index in [-0.39, 0.29) is 5.92 Å². The summed E-state index contributed by atoms with van der Waals surface area (Å²) in [5.74, 6) is -0.203. The lowest BCUT2D eigenvalue weighted by Crippen LogP contribution is -2.33. The van der Waals surface area contributed by atoms with Gasteiger partial charge in [-0.3, -0.25) is 4.79 Å². The molecule has 0 aliphatic heterocycles. The van der Waals surface area contributed by atoms with Gasteiger partial charge in [-0.2, -0.15) is 0 Å². The monoisotopic (exact) mass is 368 g/mol. The van der Waals surface area contributed by atoms with Crippen molar-refractivity contribution in [1.29, 1.82) is 0 Å². The molecule has 0 spiro atoms. The highest BCUT2D eigenvalue weighted by molar-refractivity contribution is 5.70. The number of unbranched alkanes of at least 4 members (excludes halogenated alkanes) is 1. The molecule has 1 aliphatic carbocycles. The molecule has 4 heteroatoms. The molecule has 0 atom stereocenters. The van der Waals surface area contributed by atoms with Crippen molar-refractivity contribution in [2.24, 2.45) is 5.92 Å². The normalized spacial score (nSPS) is 22.4. The van der Waals surface area contributed by atoms with Crippen LogP contribution < -0.4 is 4.74 Å². The van der Waals surface area contributed by atoms with Crippen LogP contribution in [0.4, 0.5) is 0 Å². The number of aliphatic carboxylic acids is 1. The first kappa shape index (κ1) is 19.4. The predicted molar refractivity (Wildman–Crippen MR) is 106 cm³/mol. The van der Waals surface area contributed by atoms with E-state index >= 15 is 0 Å². The molecule has 2 aromatic rings. The summed E-state index contributed by atoms with van der Waals surface area (Å²) in [7, 11) is 0. The highest BCUT2D eigenvalue weighted by Crippen LogP contribution is 2.40. The third kappa shape index (κ3) is 4.69. The Morgan fingerprint density at radius 3 is 2.11 bits per heavy atom. The lowest BCUT2D eigenvalue weighted by atomic mass is 9.75. The lowest BCUT2D eigenvalue weighted by molar-refractivity contribution is -0.145. The lowest BCUT2D eigenvalue weighted by Gasteiger charge is -2.35. The van der Waals surface area contributed by atoms with E-state index in [4.69, 9.17) is 9.84 Å². The summed E-state index contributed by atoms with van der Waals surface area (Å²) in [4.78, 5) is 11.1. The van der Waals surface area contributed by atoms with Gasteiger partial charge >= 0.3 is 5.97 Å². The summed E-state index contributed by atoms with van der Waals surface area (Å²) in [6.45, 7) is 2.89. The molecule has 3 rings (SSSR count). The summed E-state index contributed by atoms with van der Waals surface area (Å²) in [6.07, 6.45) is 4.20. The van der Waals surface area contributed by atoms with Crippen LogP contribution in [0.2, 0.25) is 0 Å². The molecule has 2 N–H and O–H groups in total. The van der Waals surface area contributed by atoms with Gasteiger partial charge in [0.15, 0.2) is 0 Å². The molecule has 0 unspecified atom stereocenters. The minimum absolute atomic E-state index is 0.331. The minimum Gasteiger partial charge on any atom is -0.494 e. The van der Waals surface area contributed by atoms with E-state index in [0.29, 0.717) is 25.7 Å². The van der Waals surface area contributed by atoms with Crippen LogP contribution in [-0.4, -0.2) is 22.8 Å². The Balaban J connectivity index is 1.66. The van der Waals surface area contributed by atoms with Gasteiger partial charge < -0.3 is 14.9 Å². The number of carbonyl (C=O) groups is 1. The second-order valence-corrected chi connectivity index (χ2v) is 7.45. The first-order valence-electron chi connectivity index (χ1n) is 9.81. The third-order valence-corrected chi connectivity index (χ3v) is 5.54. The molecule has 0 saturated heterocycles. The van der Waals surface area contributed by atoms with Gasteiger partial charge in [0.2, 0.25) is 0 Å². The maximum atomic E-state index is 11.1. The third-order valence-electron chi connectivity index (χ3n) is 5.54. The highest BCUT2D eigenvalue weighted by Gasteiger charge is 2.36. The number of benzene rings is 2. The van der Waals surface area contributed by atoms with Crippen molar-refractivity contribution in [3.63, 3.8) is 0 Å². The number of aliphatic hydroxyl groups is 1. The van der Waals surface area contributed by atoms with E-state index in [1.54, 1.807) is 0 Å². The van der Waals surface area contributed by atoms with E-state index in [1.165, 1.54) is 0 Å². The number of carboxylic acid groups (broad SMARTS) is 1. The standard InChI is InChI=1S/C23H28O4/c1-2-3-16-27-21-10-6-18(7-11-21)17-4-8-20(9-5-17)23(26)14-12-19(13-15-23)22(24)25/h4-11,19,26H,2-3,12-16H2,1H3,(H,24,25). The minimum atomic E-state index is -0.915. The molecule has 144 valence electrons. The molecule has 2 aromatic carbocycles. The van der Waals surface area contributed by atoms with Crippen molar-refractivity contribution < 1.29 is 19.7 Å². The van der Waals surface area contributed by atoms with E-state index in [1.807, 2.05) is 48.5 Å². The average Bonchev–Trinajstić information content (AvgIpc) is 2.69. The fourth-order valence-corrected chi connectivity index (χ4v) is 3.68. The van der Waals surface area contributed by atoms with Crippen LogP contribution in [0.5, 0.6) is 5.75 Å². The number of rotatable bonds is 7. The van der Waals surface area contributed by atoms with Crippen molar-refractivity contribution in [2.75, 3.05) is 6.61 Å². The Morgan fingerprint density at radius 1 is 1.04 bits per heavy atom. The van der Waals surface area contributed by atoms with Crippen molar-refractivity contribution in [3.05, 3.63) is 54.1 Å². The number of carboxylic acids is 1. The van der Waals surface area contributed by atoms with Crippen LogP contribution in [0, 0.1) is 5.92 Å². The summed E-state index contributed by atoms with van der Waals surface area (Å²) >= 11 is 0. The Bertz CT molecular complexity index is 741. The van der Waals surface area contributed by atoms with Crippen molar-refractivity contribution in [1.82, 2.24) is 0 Å². The van der Waals surface area contributed by atoms with Crippen LogP contribution in [0.1, 0.15) is 51.0 Å². The summed E-state index contributed by atoms with van der Waals surface area (Å²) in [5.41, 5.74) is 2.14. The molecule has 1 saturated carbocycles. The second-order valence-electron chi connectivity index (χ2n) is 7.45. The van der Waals surface area contributed by atoms with Gasteiger partial charge in [-0.1, -0.05) is 49.7 Å². The van der Waals surface area contributed by atoms with Crippen LogP contribution >= 0.6 is 0 Å². The van der Waals surface area contributed by atoms with Crippen LogP contribution in [0.15, 0.2) is 48.5 Å². The molecule has 0 heterocycles. The van der Waals surface area contributed by atoms with Crippen LogP contribution in [-0.2, 0) is 10.4 Å². The number of hydrogen-bond acceptors (Lipinski definition) is 3. The van der Waals surface area contributed by atoms with Crippen molar-refractivity contribution in [3.8, 4) is 16.9 Å². The molecular formula is C23H28O4. The largest absolute Gasteiger partial charge is 0.494 e. The maximum Gasteiger partial charge on any atom is 0.306 e. The number of ether oxygens (including phenoxy) is 1. The Kier molecular flexibility index (Phi) is 6.17. The Morgan fingerprint density at radius 2 is 1.59 bits per heavy atom. The molecule has 1 aliphatic rings. The zero-order valence-corrected chi connectivity index (χ0v) is 15.9. The zero-order valence-electron chi connectivity index (χ0n) is 15.9. The molecule has 0 radical (unpaired) electrons. The van der Waals surface area contributed by atoms with Crippen molar-refractivity contribution in [2.45, 2.75) is 51.0 Å². The molecule has 0 bridgehead atoms. The molecule has 4 nitrogen and oxygen atoms in total. The maximum absolute atomic E-state index is 11.1. The van der Waals surface area contributed by atoms with E-state index in [2.05, 4.69) is 6.92 Å². The van der Waals surface area contributed by atoms with Gasteiger partial charge in [0.25, 0.3) is 0 Å². The van der Waals surface area contributed by atoms with Gasteiger partial charge in [0.05, 0.1) is 18.1 Å². The summed E-state index contributed by atoms with van der Waals surface area (Å²) in [5, 5.41) is 20.1. The van der Waals surface area contributed by atoms with E-state index in [9.17, 15) is 9.90 Å². The van der Waals surface area contributed by atoms with Gasteiger partial charge in [0, 0.05) is 0 Å². The molecule has 0 aromatic heterocycles. The van der Waals surface area contributed by atoms with Gasteiger partial charge in [-0.05, 0) is 60.9 Å². The fraction of sp³-hybridized carbons (Fsp3) is 0.435. The highest BCUT2D eigenvalue weighted by atomic mass is 16.5.